The number of nitrogens with zero attached hydrogens (tertiary/aromatic N) is 3. The van der Waals surface area contributed by atoms with Gasteiger partial charge in [0.1, 0.15) is 12.1 Å². The van der Waals surface area contributed by atoms with Gasteiger partial charge in [0.2, 0.25) is 11.8 Å². The van der Waals surface area contributed by atoms with Gasteiger partial charge >= 0.3 is 0 Å². The molecule has 7 nitrogen and oxygen atoms in total. The summed E-state index contributed by atoms with van der Waals surface area (Å²) in [5.74, 6) is -0.179. The van der Waals surface area contributed by atoms with Crippen LogP contribution in [0.25, 0.3) is 10.9 Å². The Bertz CT molecular complexity index is 1150. The summed E-state index contributed by atoms with van der Waals surface area (Å²) in [5, 5.41) is 4.02. The highest BCUT2D eigenvalue weighted by molar-refractivity contribution is 5.97. The molecule has 1 aromatic heterocycles. The van der Waals surface area contributed by atoms with Crippen LogP contribution in [0.2, 0.25) is 0 Å². The van der Waals surface area contributed by atoms with E-state index in [2.05, 4.69) is 33.4 Å². The second-order valence-corrected chi connectivity index (χ2v) is 8.76. The quantitative estimate of drug-likeness (QED) is 0.632. The molecule has 1 N–H and O–H groups in total. The molecule has 0 aliphatic carbocycles. The average molecular weight is 445 g/mol. The zero-order chi connectivity index (χ0) is 22.8. The Morgan fingerprint density at radius 2 is 1.88 bits per heavy atom. The van der Waals surface area contributed by atoms with Crippen LogP contribution in [0.5, 0.6) is 0 Å². The first-order chi connectivity index (χ1) is 16.1. The Morgan fingerprint density at radius 1 is 1.06 bits per heavy atom. The van der Waals surface area contributed by atoms with E-state index >= 15 is 0 Å². The Hall–Kier alpha value is -3.29. The van der Waals surface area contributed by atoms with E-state index in [-0.39, 0.29) is 11.8 Å². The van der Waals surface area contributed by atoms with Gasteiger partial charge in [-0.05, 0) is 24.1 Å². The molecule has 0 spiro atoms. The van der Waals surface area contributed by atoms with Crippen LogP contribution >= 0.6 is 0 Å². The molecule has 0 saturated carbocycles. The molecule has 2 amide bonds. The Kier molecular flexibility index (Phi) is 6.07. The lowest BCUT2D eigenvalue weighted by Crippen LogP contribution is -2.71. The molecule has 33 heavy (non-hydrogen) atoms. The predicted molar refractivity (Wildman–Crippen MR) is 125 cm³/mol. The van der Waals surface area contributed by atoms with Crippen LogP contribution in [-0.4, -0.2) is 64.4 Å². The number of hydrogen-bond donors (Lipinski definition) is 1. The highest BCUT2D eigenvalue weighted by atomic mass is 16.5. The van der Waals surface area contributed by atoms with Crippen LogP contribution in [0.1, 0.15) is 18.1 Å². The largest absolute Gasteiger partial charge is 0.371 e. The fourth-order valence-corrected chi connectivity index (χ4v) is 4.71. The zero-order valence-corrected chi connectivity index (χ0v) is 18.7. The maximum Gasteiger partial charge on any atom is 0.248 e. The molecular formula is C26H28N4O3. The van der Waals surface area contributed by atoms with Crippen molar-refractivity contribution < 1.29 is 14.3 Å². The fraction of sp³-hybridized carbons (Fsp3) is 0.346. The molecule has 0 bridgehead atoms. The van der Waals surface area contributed by atoms with E-state index in [9.17, 15) is 9.59 Å². The monoisotopic (exact) mass is 444 g/mol. The van der Waals surface area contributed by atoms with E-state index in [0.717, 1.165) is 22.0 Å². The van der Waals surface area contributed by atoms with Gasteiger partial charge < -0.3 is 15.0 Å². The van der Waals surface area contributed by atoms with E-state index in [1.807, 2.05) is 49.4 Å². The molecule has 2 aliphatic rings. The summed E-state index contributed by atoms with van der Waals surface area (Å²) < 4.78 is 5.93. The van der Waals surface area contributed by atoms with Gasteiger partial charge in [0.05, 0.1) is 18.2 Å². The lowest BCUT2D eigenvalue weighted by atomic mass is 10.0. The van der Waals surface area contributed by atoms with Crippen molar-refractivity contribution in [3.63, 3.8) is 0 Å². The molecule has 2 saturated heterocycles. The first-order valence-electron chi connectivity index (χ1n) is 11.4. The van der Waals surface area contributed by atoms with Crippen LogP contribution in [0.4, 0.5) is 0 Å². The molecule has 3 atom stereocenters. The molecule has 2 aliphatic heterocycles. The van der Waals surface area contributed by atoms with Crippen molar-refractivity contribution >= 4 is 22.7 Å². The zero-order valence-electron chi connectivity index (χ0n) is 18.7. The molecule has 3 heterocycles. The van der Waals surface area contributed by atoms with E-state index < -0.39 is 18.2 Å². The molecule has 0 unspecified atom stereocenters. The van der Waals surface area contributed by atoms with E-state index in [1.54, 1.807) is 11.1 Å². The third-order valence-electron chi connectivity index (χ3n) is 6.55. The summed E-state index contributed by atoms with van der Waals surface area (Å²) >= 11 is 0. The van der Waals surface area contributed by atoms with Crippen LogP contribution in [0, 0.1) is 0 Å². The summed E-state index contributed by atoms with van der Waals surface area (Å²) in [6.07, 6.45) is 1.39. The lowest BCUT2D eigenvalue weighted by Gasteiger charge is -2.46. The number of amides is 2. The van der Waals surface area contributed by atoms with Crippen molar-refractivity contribution in [1.82, 2.24) is 20.1 Å². The van der Waals surface area contributed by atoms with Crippen molar-refractivity contribution in [1.29, 1.82) is 0 Å². The van der Waals surface area contributed by atoms with Gasteiger partial charge in [-0.1, -0.05) is 54.6 Å². The Labute approximate surface area is 193 Å². The second-order valence-electron chi connectivity index (χ2n) is 8.76. The minimum Gasteiger partial charge on any atom is -0.371 e. The number of hydrogen-bond acceptors (Lipinski definition) is 5. The van der Waals surface area contributed by atoms with Gasteiger partial charge in [-0.3, -0.25) is 19.5 Å². The number of fused-ring (bicyclic) bond motifs is 2. The first kappa shape index (κ1) is 21.6. The van der Waals surface area contributed by atoms with E-state index in [1.165, 1.54) is 0 Å². The topological polar surface area (TPSA) is 74.8 Å². The molecule has 5 rings (SSSR count). The average Bonchev–Trinajstić information content (AvgIpc) is 2.85. The first-order valence-corrected chi connectivity index (χ1v) is 11.4. The number of carbonyl (C=O) groups excluding carboxylic acids is 2. The molecule has 3 aromatic rings. The van der Waals surface area contributed by atoms with Crippen LogP contribution < -0.4 is 5.32 Å². The third kappa shape index (κ3) is 4.47. The summed E-state index contributed by atoms with van der Waals surface area (Å²) in [4.78, 5) is 34.7. The van der Waals surface area contributed by atoms with Crippen molar-refractivity contribution in [2.45, 2.75) is 38.3 Å². The smallest absolute Gasteiger partial charge is 0.248 e. The van der Waals surface area contributed by atoms with Crippen LogP contribution in [-0.2, 0) is 27.5 Å². The molecule has 2 aromatic carbocycles. The molecule has 2 fully saturated rings. The minimum absolute atomic E-state index is 0.0633. The number of piperazine rings is 2. The maximum atomic E-state index is 13.2. The normalized spacial score (nSPS) is 22.2. The predicted octanol–water partition coefficient (Wildman–Crippen LogP) is 2.35. The van der Waals surface area contributed by atoms with Crippen molar-refractivity contribution in [2.75, 3.05) is 19.6 Å². The molecule has 170 valence electrons. The highest BCUT2D eigenvalue weighted by Crippen LogP contribution is 2.23. The van der Waals surface area contributed by atoms with Gasteiger partial charge in [0, 0.05) is 37.8 Å². The van der Waals surface area contributed by atoms with Gasteiger partial charge in [0.25, 0.3) is 0 Å². The van der Waals surface area contributed by atoms with Crippen LogP contribution in [0.3, 0.4) is 0 Å². The fourth-order valence-electron chi connectivity index (χ4n) is 4.71. The van der Waals surface area contributed by atoms with Gasteiger partial charge in [-0.15, -0.1) is 0 Å². The van der Waals surface area contributed by atoms with Crippen molar-refractivity contribution in [2.24, 2.45) is 0 Å². The van der Waals surface area contributed by atoms with E-state index in [0.29, 0.717) is 32.8 Å². The number of aromatic nitrogens is 1. The number of ether oxygens (including phenoxy) is 1. The molecule has 7 heteroatoms. The highest BCUT2D eigenvalue weighted by Gasteiger charge is 2.45. The van der Waals surface area contributed by atoms with Gasteiger partial charge in [-0.2, -0.15) is 0 Å². The van der Waals surface area contributed by atoms with Crippen molar-refractivity contribution in [3.05, 3.63) is 78.0 Å². The number of rotatable bonds is 6. The molecule has 0 radical (unpaired) electrons. The third-order valence-corrected chi connectivity index (χ3v) is 6.55. The number of carbonyl (C=O) groups is 2. The van der Waals surface area contributed by atoms with Crippen molar-refractivity contribution in [3.8, 4) is 0 Å². The maximum absolute atomic E-state index is 13.2. The number of benzene rings is 2. The lowest BCUT2D eigenvalue weighted by molar-refractivity contribution is -0.157. The summed E-state index contributed by atoms with van der Waals surface area (Å²) in [6.45, 7) is 4.68. The summed E-state index contributed by atoms with van der Waals surface area (Å²) in [5.41, 5.74) is 3.15. The number of para-hydroxylation sites is 1. The number of pyridine rings is 1. The second kappa shape index (κ2) is 9.29. The SMILES string of the molecule is C[C@@H](OCc1ccccc1)[C@@H]1NC(=O)[C@H]2CN(Cc3cccc4cccnc34)CCN2C1=O. The minimum atomic E-state index is -0.661. The summed E-state index contributed by atoms with van der Waals surface area (Å²) in [6, 6.07) is 18.8. The standard InChI is InChI=1S/C26H28N4O3/c1-18(33-17-19-7-3-2-4-8-19)23-26(32)30-14-13-29(16-22(30)25(31)28-23)15-21-10-5-9-20-11-6-12-27-24(20)21/h2-12,18,22-23H,13-17H2,1H3,(H,28,31)/t18-,22-,23+/m1/s1. The number of nitrogens with one attached hydrogen (secondary N) is 1. The van der Waals surface area contributed by atoms with Gasteiger partial charge in [-0.25, -0.2) is 0 Å². The van der Waals surface area contributed by atoms with E-state index in [4.69, 9.17) is 4.74 Å². The Balaban J connectivity index is 1.23. The molecular weight excluding hydrogens is 416 g/mol. The van der Waals surface area contributed by atoms with Crippen LogP contribution in [0.15, 0.2) is 66.9 Å². The summed E-state index contributed by atoms with van der Waals surface area (Å²) in [7, 11) is 0. The van der Waals surface area contributed by atoms with Gasteiger partial charge in [0.15, 0.2) is 0 Å². The Morgan fingerprint density at radius 3 is 2.73 bits per heavy atom.